The van der Waals surface area contributed by atoms with E-state index in [0.29, 0.717) is 10.6 Å². The minimum absolute atomic E-state index is 0.225. The van der Waals surface area contributed by atoms with Gasteiger partial charge in [0.2, 0.25) is 0 Å². The monoisotopic (exact) mass is 260 g/mol. The van der Waals surface area contributed by atoms with E-state index in [0.717, 1.165) is 11.8 Å². The van der Waals surface area contributed by atoms with Crippen molar-refractivity contribution >= 4 is 17.9 Å². The van der Waals surface area contributed by atoms with E-state index in [1.165, 1.54) is 22.3 Å². The molecule has 2 rings (SSSR count). The van der Waals surface area contributed by atoms with Crippen molar-refractivity contribution in [1.82, 2.24) is 0 Å². The van der Waals surface area contributed by atoms with E-state index < -0.39 is 0 Å². The lowest BCUT2D eigenvalue weighted by atomic mass is 9.86. The van der Waals surface area contributed by atoms with Crippen molar-refractivity contribution in [3.05, 3.63) is 56.6 Å². The van der Waals surface area contributed by atoms with Crippen LogP contribution >= 0.6 is 11.6 Å². The van der Waals surface area contributed by atoms with Crippen LogP contribution in [0, 0.1) is 0 Å². The summed E-state index contributed by atoms with van der Waals surface area (Å²) in [7, 11) is 0. The van der Waals surface area contributed by atoms with Crippen LogP contribution in [-0.2, 0) is 0 Å². The van der Waals surface area contributed by atoms with Crippen LogP contribution in [-0.4, -0.2) is 6.29 Å². The molecule has 1 aliphatic rings. The second-order valence-electron chi connectivity index (χ2n) is 4.94. The second-order valence-corrected chi connectivity index (χ2v) is 5.38. The molecule has 0 fully saturated rings. The van der Waals surface area contributed by atoms with Gasteiger partial charge in [-0.15, -0.1) is 0 Å². The van der Waals surface area contributed by atoms with E-state index in [2.05, 4.69) is 27.7 Å². The highest BCUT2D eigenvalue weighted by Gasteiger charge is 2.27. The van der Waals surface area contributed by atoms with Gasteiger partial charge in [0.15, 0.2) is 0 Å². The lowest BCUT2D eigenvalue weighted by Crippen LogP contribution is -2.03. The SMILES string of the molecule is CC1=C(C)C(c2ccc(Cl)cc2C=O)C(C)=C1C. The first kappa shape index (κ1) is 13.1. The molecule has 0 atom stereocenters. The molecule has 18 heavy (non-hydrogen) atoms. The number of halogens is 1. The summed E-state index contributed by atoms with van der Waals surface area (Å²) in [4.78, 5) is 11.2. The third-order valence-electron chi connectivity index (χ3n) is 4.10. The average Bonchev–Trinajstić information content (AvgIpc) is 2.55. The van der Waals surface area contributed by atoms with Crippen LogP contribution in [0.25, 0.3) is 0 Å². The highest BCUT2D eigenvalue weighted by molar-refractivity contribution is 6.30. The van der Waals surface area contributed by atoms with Gasteiger partial charge in [-0.3, -0.25) is 4.79 Å². The smallest absolute Gasteiger partial charge is 0.150 e. The fraction of sp³-hybridized carbons (Fsp3) is 0.312. The molecule has 0 aromatic heterocycles. The molecule has 94 valence electrons. The van der Waals surface area contributed by atoms with Crippen molar-refractivity contribution in [2.24, 2.45) is 0 Å². The van der Waals surface area contributed by atoms with Gasteiger partial charge in [0.25, 0.3) is 0 Å². The van der Waals surface area contributed by atoms with Gasteiger partial charge >= 0.3 is 0 Å². The third-order valence-corrected chi connectivity index (χ3v) is 4.33. The number of allylic oxidation sites excluding steroid dienone is 4. The van der Waals surface area contributed by atoms with Crippen molar-refractivity contribution in [1.29, 1.82) is 0 Å². The Kier molecular flexibility index (Phi) is 3.45. The molecule has 0 bridgehead atoms. The van der Waals surface area contributed by atoms with Crippen molar-refractivity contribution in [2.45, 2.75) is 33.6 Å². The molecular weight excluding hydrogens is 244 g/mol. The van der Waals surface area contributed by atoms with Gasteiger partial charge in [-0.1, -0.05) is 28.8 Å². The highest BCUT2D eigenvalue weighted by atomic mass is 35.5. The van der Waals surface area contributed by atoms with Gasteiger partial charge in [-0.05, 0) is 56.5 Å². The summed E-state index contributed by atoms with van der Waals surface area (Å²) in [5, 5.41) is 0.607. The predicted octanol–water partition coefficient (Wildman–Crippen LogP) is 4.92. The Bertz CT molecular complexity index is 555. The molecule has 1 aromatic rings. The molecule has 0 saturated heterocycles. The molecule has 0 heterocycles. The molecular formula is C16H17ClO. The Morgan fingerprint density at radius 1 is 1.06 bits per heavy atom. The van der Waals surface area contributed by atoms with Gasteiger partial charge < -0.3 is 0 Å². The normalized spacial score (nSPS) is 16.7. The van der Waals surface area contributed by atoms with E-state index in [1.807, 2.05) is 12.1 Å². The van der Waals surface area contributed by atoms with Crippen molar-refractivity contribution in [3.8, 4) is 0 Å². The molecule has 0 amide bonds. The Hall–Kier alpha value is -1.34. The summed E-state index contributed by atoms with van der Waals surface area (Å²) >= 11 is 5.95. The Balaban J connectivity index is 2.61. The number of hydrogen-bond acceptors (Lipinski definition) is 1. The minimum Gasteiger partial charge on any atom is -0.298 e. The summed E-state index contributed by atoms with van der Waals surface area (Å²) in [6.45, 7) is 8.57. The maximum absolute atomic E-state index is 11.2. The maximum atomic E-state index is 11.2. The lowest BCUT2D eigenvalue weighted by Gasteiger charge is -2.17. The molecule has 1 aromatic carbocycles. The Labute approximate surface area is 113 Å². The number of benzene rings is 1. The van der Waals surface area contributed by atoms with Crippen molar-refractivity contribution < 1.29 is 4.79 Å². The summed E-state index contributed by atoms with van der Waals surface area (Å²) in [5.74, 6) is 0.225. The van der Waals surface area contributed by atoms with Crippen molar-refractivity contribution in [3.63, 3.8) is 0 Å². The van der Waals surface area contributed by atoms with Crippen LogP contribution in [0.1, 0.15) is 49.5 Å². The maximum Gasteiger partial charge on any atom is 0.150 e. The van der Waals surface area contributed by atoms with E-state index in [4.69, 9.17) is 11.6 Å². The summed E-state index contributed by atoms with van der Waals surface area (Å²) in [6.07, 6.45) is 0.894. The molecule has 1 aliphatic carbocycles. The lowest BCUT2D eigenvalue weighted by molar-refractivity contribution is 0.112. The first-order valence-corrected chi connectivity index (χ1v) is 6.45. The first-order valence-electron chi connectivity index (χ1n) is 6.07. The molecule has 0 unspecified atom stereocenters. The number of carbonyl (C=O) groups excluding carboxylic acids is 1. The standard InChI is InChI=1S/C16H17ClO/c1-9-10(2)12(4)16(11(9)3)15-6-5-14(17)7-13(15)8-18/h5-8,16H,1-4H3. The zero-order valence-electron chi connectivity index (χ0n) is 11.2. The van der Waals surface area contributed by atoms with Gasteiger partial charge in [-0.2, -0.15) is 0 Å². The third kappa shape index (κ3) is 1.93. The summed E-state index contributed by atoms with van der Waals surface area (Å²) in [6, 6.07) is 5.57. The number of aldehydes is 1. The molecule has 1 nitrogen and oxygen atoms in total. The van der Waals surface area contributed by atoms with Crippen LogP contribution in [0.5, 0.6) is 0 Å². The molecule has 0 saturated carbocycles. The molecule has 2 heteroatoms. The Morgan fingerprint density at radius 2 is 1.61 bits per heavy atom. The topological polar surface area (TPSA) is 17.1 Å². The first-order chi connectivity index (χ1) is 8.47. The Morgan fingerprint density at radius 3 is 2.11 bits per heavy atom. The van der Waals surface area contributed by atoms with E-state index in [9.17, 15) is 4.79 Å². The fourth-order valence-corrected chi connectivity index (χ4v) is 2.91. The molecule has 0 N–H and O–H groups in total. The minimum atomic E-state index is 0.225. The number of hydrogen-bond donors (Lipinski definition) is 0. The van der Waals surface area contributed by atoms with Crippen molar-refractivity contribution in [2.75, 3.05) is 0 Å². The number of carbonyl (C=O) groups is 1. The van der Waals surface area contributed by atoms with Gasteiger partial charge in [0.05, 0.1) is 0 Å². The van der Waals surface area contributed by atoms with Gasteiger partial charge in [0, 0.05) is 16.5 Å². The van der Waals surface area contributed by atoms with E-state index in [-0.39, 0.29) is 5.92 Å². The van der Waals surface area contributed by atoms with Crippen LogP contribution in [0.2, 0.25) is 5.02 Å². The van der Waals surface area contributed by atoms with Crippen LogP contribution < -0.4 is 0 Å². The summed E-state index contributed by atoms with van der Waals surface area (Å²) in [5.41, 5.74) is 7.08. The van der Waals surface area contributed by atoms with Gasteiger partial charge in [-0.25, -0.2) is 0 Å². The molecule has 0 spiro atoms. The quantitative estimate of drug-likeness (QED) is 0.690. The van der Waals surface area contributed by atoms with E-state index in [1.54, 1.807) is 6.07 Å². The molecule has 0 aliphatic heterocycles. The summed E-state index contributed by atoms with van der Waals surface area (Å²) < 4.78 is 0. The van der Waals surface area contributed by atoms with Crippen LogP contribution in [0.3, 0.4) is 0 Å². The highest BCUT2D eigenvalue weighted by Crippen LogP contribution is 2.44. The van der Waals surface area contributed by atoms with Crippen LogP contribution in [0.4, 0.5) is 0 Å². The second kappa shape index (κ2) is 4.74. The zero-order valence-corrected chi connectivity index (χ0v) is 11.9. The van der Waals surface area contributed by atoms with E-state index >= 15 is 0 Å². The fourth-order valence-electron chi connectivity index (χ4n) is 2.73. The predicted molar refractivity (Wildman–Crippen MR) is 76.3 cm³/mol. The van der Waals surface area contributed by atoms with Crippen LogP contribution in [0.15, 0.2) is 40.5 Å². The van der Waals surface area contributed by atoms with Gasteiger partial charge in [0.1, 0.15) is 6.29 Å². The average molecular weight is 261 g/mol. The number of rotatable bonds is 2. The largest absolute Gasteiger partial charge is 0.298 e. The molecule has 0 radical (unpaired) electrons. The zero-order chi connectivity index (χ0) is 13.4.